The third-order valence-electron chi connectivity index (χ3n) is 3.60. The highest BCUT2D eigenvalue weighted by molar-refractivity contribution is 9.10. The van der Waals surface area contributed by atoms with Crippen molar-refractivity contribution in [3.8, 4) is 5.75 Å². The van der Waals surface area contributed by atoms with Gasteiger partial charge in [-0.3, -0.25) is 4.90 Å². The molecule has 0 spiro atoms. The number of hydrogen-bond donors (Lipinski definition) is 1. The molecular weight excluding hydrogens is 328 g/mol. The Hall–Kier alpha value is -1.36. The molecule has 4 heteroatoms. The molecule has 0 heterocycles. The first-order valence-electron chi connectivity index (χ1n) is 6.93. The maximum Gasteiger partial charge on any atom is 0.123 e. The zero-order chi connectivity index (χ0) is 15.2. The first kappa shape index (κ1) is 16.0. The molecule has 2 rings (SSSR count). The van der Waals surface area contributed by atoms with E-state index in [9.17, 15) is 0 Å². The van der Waals surface area contributed by atoms with E-state index >= 15 is 0 Å². The largest absolute Gasteiger partial charge is 0.496 e. The number of benzene rings is 2. The van der Waals surface area contributed by atoms with Crippen LogP contribution in [0.4, 0.5) is 0 Å². The summed E-state index contributed by atoms with van der Waals surface area (Å²) in [7, 11) is 3.79. The summed E-state index contributed by atoms with van der Waals surface area (Å²) < 4.78 is 6.49. The van der Waals surface area contributed by atoms with E-state index < -0.39 is 0 Å². The van der Waals surface area contributed by atoms with Crippen LogP contribution in [0.15, 0.2) is 53.0 Å². The summed E-state index contributed by atoms with van der Waals surface area (Å²) in [4.78, 5) is 2.25. The van der Waals surface area contributed by atoms with Crippen molar-refractivity contribution >= 4 is 15.9 Å². The molecule has 2 aromatic carbocycles. The number of nitrogens with zero attached hydrogens (tertiary/aromatic N) is 1. The molecule has 21 heavy (non-hydrogen) atoms. The first-order chi connectivity index (χ1) is 10.2. The van der Waals surface area contributed by atoms with Crippen molar-refractivity contribution in [3.05, 3.63) is 64.1 Å². The number of halogens is 1. The number of nitrogens with two attached hydrogens (primary N) is 1. The Balaban J connectivity index is 2.19. The van der Waals surface area contributed by atoms with Crippen molar-refractivity contribution in [2.75, 3.05) is 20.7 Å². The molecular formula is C17H21BrN2O. The van der Waals surface area contributed by atoms with E-state index in [0.29, 0.717) is 6.54 Å². The highest BCUT2D eigenvalue weighted by atomic mass is 79.9. The van der Waals surface area contributed by atoms with Gasteiger partial charge < -0.3 is 10.5 Å². The molecule has 112 valence electrons. The van der Waals surface area contributed by atoms with E-state index in [1.54, 1.807) is 7.11 Å². The van der Waals surface area contributed by atoms with Gasteiger partial charge >= 0.3 is 0 Å². The molecule has 1 unspecified atom stereocenters. The summed E-state index contributed by atoms with van der Waals surface area (Å²) in [5.41, 5.74) is 8.37. The van der Waals surface area contributed by atoms with Gasteiger partial charge in [0, 0.05) is 29.2 Å². The standard InChI is InChI=1S/C17H21BrN2O/c1-20(12-14-6-3-4-9-17(14)21-2)16(11-19)13-7-5-8-15(18)10-13/h3-10,16H,11-12,19H2,1-2H3. The minimum absolute atomic E-state index is 0.174. The Labute approximate surface area is 134 Å². The zero-order valence-corrected chi connectivity index (χ0v) is 14.0. The van der Waals surface area contributed by atoms with Crippen LogP contribution in [0.2, 0.25) is 0 Å². The molecule has 0 saturated heterocycles. The molecule has 0 fully saturated rings. The molecule has 0 saturated carbocycles. The van der Waals surface area contributed by atoms with Crippen molar-refractivity contribution < 1.29 is 4.74 Å². The average molecular weight is 349 g/mol. The lowest BCUT2D eigenvalue weighted by Crippen LogP contribution is -2.30. The van der Waals surface area contributed by atoms with Crippen LogP contribution >= 0.6 is 15.9 Å². The second-order valence-corrected chi connectivity index (χ2v) is 5.95. The van der Waals surface area contributed by atoms with Crippen LogP contribution in [0.5, 0.6) is 5.75 Å². The number of rotatable bonds is 6. The van der Waals surface area contributed by atoms with E-state index in [1.807, 2.05) is 30.3 Å². The molecule has 0 aliphatic carbocycles. The molecule has 0 aliphatic heterocycles. The minimum atomic E-state index is 0.174. The van der Waals surface area contributed by atoms with Gasteiger partial charge in [0.25, 0.3) is 0 Å². The van der Waals surface area contributed by atoms with Crippen LogP contribution < -0.4 is 10.5 Å². The number of ether oxygens (including phenoxy) is 1. The monoisotopic (exact) mass is 348 g/mol. The third kappa shape index (κ3) is 4.06. The quantitative estimate of drug-likeness (QED) is 0.866. The van der Waals surface area contributed by atoms with Crippen LogP contribution in [0.25, 0.3) is 0 Å². The predicted molar refractivity (Wildman–Crippen MR) is 90.4 cm³/mol. The Morgan fingerprint density at radius 3 is 2.62 bits per heavy atom. The topological polar surface area (TPSA) is 38.5 Å². The number of methoxy groups -OCH3 is 1. The summed E-state index contributed by atoms with van der Waals surface area (Å²) in [6.07, 6.45) is 0. The van der Waals surface area contributed by atoms with Crippen molar-refractivity contribution in [2.45, 2.75) is 12.6 Å². The summed E-state index contributed by atoms with van der Waals surface area (Å²) in [5.74, 6) is 0.911. The Bertz CT molecular complexity index is 589. The normalized spacial score (nSPS) is 12.4. The second kappa shape index (κ2) is 7.59. The fraction of sp³-hybridized carbons (Fsp3) is 0.294. The van der Waals surface area contributed by atoms with Crippen LogP contribution in [0.1, 0.15) is 17.2 Å². The van der Waals surface area contributed by atoms with Gasteiger partial charge in [-0.05, 0) is 30.8 Å². The minimum Gasteiger partial charge on any atom is -0.496 e. The smallest absolute Gasteiger partial charge is 0.123 e. The molecule has 3 nitrogen and oxygen atoms in total. The molecule has 2 aromatic rings. The van der Waals surface area contributed by atoms with E-state index in [1.165, 1.54) is 5.56 Å². The molecule has 1 atom stereocenters. The van der Waals surface area contributed by atoms with Gasteiger partial charge in [0.1, 0.15) is 5.75 Å². The van der Waals surface area contributed by atoms with Gasteiger partial charge in [0.15, 0.2) is 0 Å². The molecule has 0 bridgehead atoms. The summed E-state index contributed by atoms with van der Waals surface area (Å²) in [5, 5.41) is 0. The molecule has 0 aromatic heterocycles. The van der Waals surface area contributed by atoms with Gasteiger partial charge in [0.2, 0.25) is 0 Å². The van der Waals surface area contributed by atoms with Gasteiger partial charge in [-0.15, -0.1) is 0 Å². The highest BCUT2D eigenvalue weighted by Crippen LogP contribution is 2.26. The van der Waals surface area contributed by atoms with Crippen molar-refractivity contribution in [3.63, 3.8) is 0 Å². The molecule has 0 radical (unpaired) electrons. The van der Waals surface area contributed by atoms with Crippen LogP contribution in [0.3, 0.4) is 0 Å². The average Bonchev–Trinajstić information content (AvgIpc) is 2.48. The predicted octanol–water partition coefficient (Wildman–Crippen LogP) is 3.59. The van der Waals surface area contributed by atoms with Gasteiger partial charge in [-0.1, -0.05) is 46.3 Å². The Morgan fingerprint density at radius 1 is 1.19 bits per heavy atom. The van der Waals surface area contributed by atoms with E-state index in [2.05, 4.69) is 46.1 Å². The number of hydrogen-bond acceptors (Lipinski definition) is 3. The van der Waals surface area contributed by atoms with E-state index in [-0.39, 0.29) is 6.04 Å². The van der Waals surface area contributed by atoms with E-state index in [4.69, 9.17) is 10.5 Å². The molecule has 0 aliphatic rings. The molecule has 2 N–H and O–H groups in total. The summed E-state index contributed by atoms with van der Waals surface area (Å²) in [6, 6.07) is 16.6. The van der Waals surface area contributed by atoms with Crippen LogP contribution in [-0.2, 0) is 6.54 Å². The number of para-hydroxylation sites is 1. The van der Waals surface area contributed by atoms with Crippen molar-refractivity contribution in [1.82, 2.24) is 4.90 Å². The van der Waals surface area contributed by atoms with Crippen molar-refractivity contribution in [2.24, 2.45) is 5.73 Å². The Kier molecular flexibility index (Phi) is 5.79. The fourth-order valence-corrected chi connectivity index (χ4v) is 2.91. The summed E-state index contributed by atoms with van der Waals surface area (Å²) >= 11 is 3.52. The maximum atomic E-state index is 5.99. The lowest BCUT2D eigenvalue weighted by Gasteiger charge is -2.28. The lowest BCUT2D eigenvalue weighted by molar-refractivity contribution is 0.238. The SMILES string of the molecule is COc1ccccc1CN(C)C(CN)c1cccc(Br)c1. The van der Waals surface area contributed by atoms with Crippen molar-refractivity contribution in [1.29, 1.82) is 0 Å². The van der Waals surface area contributed by atoms with E-state index in [0.717, 1.165) is 22.3 Å². The number of likely N-dealkylation sites (N-methyl/N-ethyl adjacent to an activating group) is 1. The first-order valence-corrected chi connectivity index (χ1v) is 7.72. The lowest BCUT2D eigenvalue weighted by atomic mass is 10.0. The fourth-order valence-electron chi connectivity index (χ4n) is 2.50. The maximum absolute atomic E-state index is 5.99. The van der Waals surface area contributed by atoms with Crippen LogP contribution in [-0.4, -0.2) is 25.6 Å². The third-order valence-corrected chi connectivity index (χ3v) is 4.09. The Morgan fingerprint density at radius 2 is 1.95 bits per heavy atom. The van der Waals surface area contributed by atoms with Gasteiger partial charge in [-0.25, -0.2) is 0 Å². The second-order valence-electron chi connectivity index (χ2n) is 5.03. The van der Waals surface area contributed by atoms with Gasteiger partial charge in [-0.2, -0.15) is 0 Å². The molecule has 0 amide bonds. The summed E-state index contributed by atoms with van der Waals surface area (Å²) in [6.45, 7) is 1.36. The van der Waals surface area contributed by atoms with Gasteiger partial charge in [0.05, 0.1) is 7.11 Å². The zero-order valence-electron chi connectivity index (χ0n) is 12.4. The highest BCUT2D eigenvalue weighted by Gasteiger charge is 2.17. The van der Waals surface area contributed by atoms with Crippen LogP contribution in [0, 0.1) is 0 Å².